The third kappa shape index (κ3) is 3.97. The van der Waals surface area contributed by atoms with Gasteiger partial charge in [-0.1, -0.05) is 0 Å². The van der Waals surface area contributed by atoms with Gasteiger partial charge in [0.05, 0.1) is 0 Å². The Bertz CT molecular complexity index is 375. The molecule has 1 unspecified atom stereocenters. The highest BCUT2D eigenvalue weighted by Crippen LogP contribution is 2.29. The third-order valence-corrected chi connectivity index (χ3v) is 4.72. The molecule has 0 spiro atoms. The van der Waals surface area contributed by atoms with Crippen molar-refractivity contribution in [1.29, 1.82) is 0 Å². The SMILES string of the molecule is CSCCCN1CCC(C(O)c2nccn2C)CC1. The minimum absolute atomic E-state index is 0.359. The fourth-order valence-electron chi connectivity index (χ4n) is 2.80. The van der Waals surface area contributed by atoms with Gasteiger partial charge in [0.15, 0.2) is 0 Å². The first kappa shape index (κ1) is 14.9. The van der Waals surface area contributed by atoms with Gasteiger partial charge >= 0.3 is 0 Å². The molecule has 0 bridgehead atoms. The molecule has 1 N–H and O–H groups in total. The van der Waals surface area contributed by atoms with Crippen molar-refractivity contribution >= 4 is 11.8 Å². The Morgan fingerprint density at radius 1 is 1.47 bits per heavy atom. The highest BCUT2D eigenvalue weighted by atomic mass is 32.2. The lowest BCUT2D eigenvalue weighted by Crippen LogP contribution is -2.36. The summed E-state index contributed by atoms with van der Waals surface area (Å²) in [5.41, 5.74) is 0. The second-order valence-electron chi connectivity index (χ2n) is 5.37. The zero-order valence-electron chi connectivity index (χ0n) is 12.0. The Morgan fingerprint density at radius 3 is 2.79 bits per heavy atom. The lowest BCUT2D eigenvalue weighted by molar-refractivity contribution is 0.0513. The highest BCUT2D eigenvalue weighted by molar-refractivity contribution is 7.98. The highest BCUT2D eigenvalue weighted by Gasteiger charge is 2.28. The number of rotatable bonds is 6. The van der Waals surface area contributed by atoms with Crippen LogP contribution >= 0.6 is 11.8 Å². The quantitative estimate of drug-likeness (QED) is 0.810. The van der Waals surface area contributed by atoms with Crippen LogP contribution in [0.25, 0.3) is 0 Å². The predicted molar refractivity (Wildman–Crippen MR) is 80.3 cm³/mol. The van der Waals surface area contributed by atoms with E-state index in [-0.39, 0.29) is 0 Å². The van der Waals surface area contributed by atoms with Crippen molar-refractivity contribution in [1.82, 2.24) is 14.5 Å². The number of imidazole rings is 1. The van der Waals surface area contributed by atoms with E-state index in [4.69, 9.17) is 0 Å². The Kier molecular flexibility index (Phi) is 5.73. The molecule has 0 saturated carbocycles. The number of hydrogen-bond acceptors (Lipinski definition) is 4. The molecule has 19 heavy (non-hydrogen) atoms. The van der Waals surface area contributed by atoms with Crippen LogP contribution in [0.3, 0.4) is 0 Å². The fourth-order valence-corrected chi connectivity index (χ4v) is 3.22. The van der Waals surface area contributed by atoms with Crippen molar-refractivity contribution < 1.29 is 5.11 Å². The van der Waals surface area contributed by atoms with Gasteiger partial charge in [0.2, 0.25) is 0 Å². The maximum Gasteiger partial charge on any atom is 0.137 e. The van der Waals surface area contributed by atoms with Crippen LogP contribution in [-0.4, -0.2) is 51.2 Å². The Labute approximate surface area is 120 Å². The van der Waals surface area contributed by atoms with Crippen LogP contribution in [0.15, 0.2) is 12.4 Å². The Morgan fingerprint density at radius 2 is 2.21 bits per heavy atom. The van der Waals surface area contributed by atoms with Crippen LogP contribution in [0.2, 0.25) is 0 Å². The van der Waals surface area contributed by atoms with Crippen molar-refractivity contribution in [2.75, 3.05) is 31.6 Å². The lowest BCUT2D eigenvalue weighted by atomic mass is 9.90. The number of hydrogen-bond donors (Lipinski definition) is 1. The fraction of sp³-hybridized carbons (Fsp3) is 0.786. The maximum atomic E-state index is 10.4. The molecule has 0 amide bonds. The molecule has 1 fully saturated rings. The Balaban J connectivity index is 1.78. The number of thioether (sulfide) groups is 1. The summed E-state index contributed by atoms with van der Waals surface area (Å²) in [6.07, 6.45) is 8.84. The van der Waals surface area contributed by atoms with Gasteiger partial charge in [-0.05, 0) is 56.8 Å². The number of aliphatic hydroxyl groups is 1. The zero-order valence-corrected chi connectivity index (χ0v) is 12.8. The molecule has 4 nitrogen and oxygen atoms in total. The van der Waals surface area contributed by atoms with Crippen LogP contribution in [0.1, 0.15) is 31.2 Å². The van der Waals surface area contributed by atoms with Crippen molar-refractivity contribution in [3.63, 3.8) is 0 Å². The molecular formula is C14H25N3OS. The second kappa shape index (κ2) is 7.31. The molecule has 2 rings (SSSR count). The topological polar surface area (TPSA) is 41.3 Å². The van der Waals surface area contributed by atoms with E-state index in [1.54, 1.807) is 6.20 Å². The number of likely N-dealkylation sites (tertiary alicyclic amines) is 1. The van der Waals surface area contributed by atoms with Crippen LogP contribution in [0.5, 0.6) is 0 Å². The molecule has 1 atom stereocenters. The number of aryl methyl sites for hydroxylation is 1. The minimum atomic E-state index is -0.409. The summed E-state index contributed by atoms with van der Waals surface area (Å²) in [6.45, 7) is 3.42. The van der Waals surface area contributed by atoms with E-state index in [9.17, 15) is 5.11 Å². The molecule has 5 heteroatoms. The van der Waals surface area contributed by atoms with E-state index in [0.29, 0.717) is 5.92 Å². The van der Waals surface area contributed by atoms with Gasteiger partial charge in [0.25, 0.3) is 0 Å². The summed E-state index contributed by atoms with van der Waals surface area (Å²) >= 11 is 1.92. The second-order valence-corrected chi connectivity index (χ2v) is 6.35. The van der Waals surface area contributed by atoms with Crippen molar-refractivity contribution in [3.05, 3.63) is 18.2 Å². The first-order valence-corrected chi connectivity index (χ1v) is 8.48. The van der Waals surface area contributed by atoms with E-state index in [0.717, 1.165) is 31.8 Å². The summed E-state index contributed by atoms with van der Waals surface area (Å²) in [7, 11) is 1.95. The van der Waals surface area contributed by atoms with Crippen molar-refractivity contribution in [2.24, 2.45) is 13.0 Å². The average molecular weight is 283 g/mol. The van der Waals surface area contributed by atoms with Gasteiger partial charge in [0, 0.05) is 19.4 Å². The van der Waals surface area contributed by atoms with Crippen molar-refractivity contribution in [2.45, 2.75) is 25.4 Å². The number of aliphatic hydroxyl groups excluding tert-OH is 1. The summed E-state index contributed by atoms with van der Waals surface area (Å²) < 4.78 is 1.93. The summed E-state index contributed by atoms with van der Waals surface area (Å²) in [5, 5.41) is 10.4. The number of piperidine rings is 1. The first-order valence-electron chi connectivity index (χ1n) is 7.09. The molecule has 1 aliphatic heterocycles. The van der Waals surface area contributed by atoms with Gasteiger partial charge < -0.3 is 14.6 Å². The maximum absolute atomic E-state index is 10.4. The largest absolute Gasteiger partial charge is 0.385 e. The van der Waals surface area contributed by atoms with Crippen LogP contribution < -0.4 is 0 Å². The number of aromatic nitrogens is 2. The van der Waals surface area contributed by atoms with Crippen LogP contribution in [-0.2, 0) is 7.05 Å². The molecule has 0 radical (unpaired) electrons. The van der Waals surface area contributed by atoms with E-state index in [1.165, 1.54) is 18.7 Å². The third-order valence-electron chi connectivity index (χ3n) is 4.02. The van der Waals surface area contributed by atoms with E-state index in [1.807, 2.05) is 29.6 Å². The smallest absolute Gasteiger partial charge is 0.137 e. The van der Waals surface area contributed by atoms with Gasteiger partial charge in [-0.2, -0.15) is 11.8 Å². The van der Waals surface area contributed by atoms with E-state index in [2.05, 4.69) is 16.1 Å². The van der Waals surface area contributed by atoms with Crippen LogP contribution in [0, 0.1) is 5.92 Å². The molecule has 1 saturated heterocycles. The monoisotopic (exact) mass is 283 g/mol. The predicted octanol–water partition coefficient (Wildman–Crippen LogP) is 1.92. The van der Waals surface area contributed by atoms with E-state index < -0.39 is 6.10 Å². The molecule has 1 aromatic heterocycles. The van der Waals surface area contributed by atoms with Gasteiger partial charge in [-0.25, -0.2) is 4.98 Å². The van der Waals surface area contributed by atoms with Gasteiger partial charge in [-0.3, -0.25) is 0 Å². The standard InChI is InChI=1S/C14H25N3OS/c1-16-10-6-15-14(16)13(18)12-4-8-17(9-5-12)7-3-11-19-2/h6,10,12-13,18H,3-5,7-9,11H2,1-2H3. The average Bonchev–Trinajstić information content (AvgIpc) is 2.85. The molecule has 1 aliphatic rings. The van der Waals surface area contributed by atoms with Gasteiger partial charge in [-0.15, -0.1) is 0 Å². The summed E-state index contributed by atoms with van der Waals surface area (Å²) in [4.78, 5) is 6.79. The minimum Gasteiger partial charge on any atom is -0.385 e. The summed E-state index contributed by atoms with van der Waals surface area (Å²) in [6, 6.07) is 0. The molecular weight excluding hydrogens is 258 g/mol. The lowest BCUT2D eigenvalue weighted by Gasteiger charge is -2.33. The normalized spacial score (nSPS) is 19.7. The van der Waals surface area contributed by atoms with Gasteiger partial charge in [0.1, 0.15) is 11.9 Å². The Hall–Kier alpha value is -0.520. The van der Waals surface area contributed by atoms with E-state index >= 15 is 0 Å². The zero-order chi connectivity index (χ0) is 13.7. The first-order chi connectivity index (χ1) is 9.22. The number of nitrogens with zero attached hydrogens (tertiary/aromatic N) is 3. The molecule has 0 aromatic carbocycles. The van der Waals surface area contributed by atoms with Crippen LogP contribution in [0.4, 0.5) is 0 Å². The molecule has 0 aliphatic carbocycles. The summed E-state index contributed by atoms with van der Waals surface area (Å²) in [5.74, 6) is 2.41. The molecule has 1 aromatic rings. The molecule has 108 valence electrons. The van der Waals surface area contributed by atoms with Crippen molar-refractivity contribution in [3.8, 4) is 0 Å². The molecule has 2 heterocycles.